The number of likely N-dealkylation sites (N-methyl/N-ethyl adjacent to an activating group) is 1. The Morgan fingerprint density at radius 3 is 2.68 bits per heavy atom. The number of nitrogens with one attached hydrogen (secondary N) is 2. The molecule has 3 aromatic heterocycles. The number of amides is 2. The largest absolute Gasteiger partial charge is 0.352 e. The number of piperidine rings is 1. The minimum atomic E-state index is -1.18. The second-order valence-corrected chi connectivity index (χ2v) is 12.1. The normalized spacial score (nSPS) is 24.2. The van der Waals surface area contributed by atoms with Crippen molar-refractivity contribution in [2.75, 3.05) is 50.0 Å². The summed E-state index contributed by atoms with van der Waals surface area (Å²) in [6, 6.07) is 1.87. The molecule has 5 heterocycles. The highest BCUT2D eigenvalue weighted by Crippen LogP contribution is 2.50. The van der Waals surface area contributed by atoms with Gasteiger partial charge in [-0.25, -0.2) is 9.18 Å². The van der Waals surface area contributed by atoms with Crippen LogP contribution in [0, 0.1) is 5.92 Å². The number of carbonyl (C=O) groups is 1. The number of pyridine rings is 1. The third-order valence-electron chi connectivity index (χ3n) is 9.00. The van der Waals surface area contributed by atoms with Crippen LogP contribution < -0.4 is 10.2 Å². The molecule has 7 rings (SSSR count). The summed E-state index contributed by atoms with van der Waals surface area (Å²) in [4.78, 5) is 24.7. The van der Waals surface area contributed by atoms with E-state index in [1.807, 2.05) is 21.8 Å². The zero-order chi connectivity index (χ0) is 26.1. The molecular weight excluding hydrogens is 485 g/mol. The molecule has 2 saturated heterocycles. The molecule has 1 unspecified atom stereocenters. The summed E-state index contributed by atoms with van der Waals surface area (Å²) < 4.78 is 16.7. The highest BCUT2D eigenvalue weighted by atomic mass is 19.1. The summed E-state index contributed by atoms with van der Waals surface area (Å²) in [5.74, 6) is 1.52. The van der Waals surface area contributed by atoms with Crippen molar-refractivity contribution in [1.82, 2.24) is 34.8 Å². The topological polar surface area (TPSA) is 98.2 Å². The van der Waals surface area contributed by atoms with Gasteiger partial charge in [0.15, 0.2) is 5.82 Å². The number of alkyl halides is 1. The first-order valence-corrected chi connectivity index (χ1v) is 13.9. The van der Waals surface area contributed by atoms with Crippen molar-refractivity contribution in [3.05, 3.63) is 18.5 Å². The quantitative estimate of drug-likeness (QED) is 0.529. The van der Waals surface area contributed by atoms with Gasteiger partial charge in [0.2, 0.25) is 0 Å². The maximum atomic E-state index is 14.9. The van der Waals surface area contributed by atoms with Gasteiger partial charge >= 0.3 is 6.03 Å². The van der Waals surface area contributed by atoms with Crippen LogP contribution >= 0.6 is 0 Å². The highest BCUT2D eigenvalue weighted by molar-refractivity contribution is 5.96. The minimum absolute atomic E-state index is 0.0279. The van der Waals surface area contributed by atoms with Crippen molar-refractivity contribution in [1.29, 1.82) is 0 Å². The summed E-state index contributed by atoms with van der Waals surface area (Å²) in [5.41, 5.74) is 1.59. The third kappa shape index (κ3) is 4.20. The van der Waals surface area contributed by atoms with E-state index < -0.39 is 5.67 Å². The van der Waals surface area contributed by atoms with E-state index in [4.69, 9.17) is 10.1 Å². The summed E-state index contributed by atoms with van der Waals surface area (Å²) >= 11 is 0. The lowest BCUT2D eigenvalue weighted by Gasteiger charge is -2.39. The lowest BCUT2D eigenvalue weighted by molar-refractivity contribution is 0.128. The SMILES string of the molecule is CC1CCN(C(=O)Nc2cn[nH]c2-c2cc3c(cn2)c(N2CCN(C)CC2)nn3CC2(F)CC2)C2(CC2)C1. The van der Waals surface area contributed by atoms with E-state index >= 15 is 0 Å². The number of carbonyl (C=O) groups excluding carboxylic acids is 1. The molecule has 11 heteroatoms. The van der Waals surface area contributed by atoms with Crippen LogP contribution in [0.1, 0.15) is 45.4 Å². The molecule has 0 aromatic carbocycles. The van der Waals surface area contributed by atoms with Gasteiger partial charge in [0, 0.05) is 44.5 Å². The molecule has 0 bridgehead atoms. The maximum absolute atomic E-state index is 14.9. The molecule has 2 saturated carbocycles. The first-order valence-electron chi connectivity index (χ1n) is 13.9. The summed E-state index contributed by atoms with van der Waals surface area (Å²) in [5, 5.41) is 16.2. The van der Waals surface area contributed by atoms with Crippen molar-refractivity contribution >= 4 is 28.4 Å². The molecule has 2 N–H and O–H groups in total. The minimum Gasteiger partial charge on any atom is -0.352 e. The number of piperazine rings is 1. The Kier molecular flexibility index (Phi) is 5.44. The number of hydrogen-bond acceptors (Lipinski definition) is 6. The molecule has 2 aliphatic heterocycles. The average Bonchev–Trinajstić information content (AvgIpc) is 3.73. The molecule has 4 fully saturated rings. The van der Waals surface area contributed by atoms with E-state index in [1.165, 1.54) is 0 Å². The van der Waals surface area contributed by atoms with E-state index in [0.29, 0.717) is 35.8 Å². The van der Waals surface area contributed by atoms with Gasteiger partial charge in [-0.05, 0) is 57.6 Å². The van der Waals surface area contributed by atoms with E-state index in [2.05, 4.69) is 39.3 Å². The standard InChI is InChI=1S/C27H36FN9O/c1-18-3-8-36(27(14-18)6-7-27)25(38)31-21-16-30-32-23(21)20-13-22-19(15-29-20)24(35-11-9-34(2)10-12-35)33-37(22)17-26(28)4-5-26/h13,15-16,18H,3-12,14,17H2,1-2H3,(H,30,32)(H,31,38). The molecule has 0 radical (unpaired) electrons. The Bertz CT molecular complexity index is 1370. The Morgan fingerprint density at radius 2 is 1.95 bits per heavy atom. The van der Waals surface area contributed by atoms with Crippen molar-refractivity contribution in [2.24, 2.45) is 5.92 Å². The van der Waals surface area contributed by atoms with Crippen LogP contribution in [0.3, 0.4) is 0 Å². The predicted molar refractivity (Wildman–Crippen MR) is 144 cm³/mol. The Labute approximate surface area is 221 Å². The molecule has 10 nitrogen and oxygen atoms in total. The number of nitrogens with zero attached hydrogens (tertiary/aromatic N) is 7. The second-order valence-electron chi connectivity index (χ2n) is 12.1. The van der Waals surface area contributed by atoms with Gasteiger partial charge < -0.3 is 20.0 Å². The number of halogens is 1. The van der Waals surface area contributed by atoms with Gasteiger partial charge in [0.25, 0.3) is 0 Å². The van der Waals surface area contributed by atoms with Gasteiger partial charge in [-0.1, -0.05) is 6.92 Å². The van der Waals surface area contributed by atoms with E-state index in [1.54, 1.807) is 6.20 Å². The number of urea groups is 1. The molecule has 3 aromatic rings. The van der Waals surface area contributed by atoms with Crippen molar-refractivity contribution in [3.8, 4) is 11.4 Å². The number of aromatic amines is 1. The highest BCUT2D eigenvalue weighted by Gasteiger charge is 2.52. The van der Waals surface area contributed by atoms with Crippen LogP contribution in [0.15, 0.2) is 18.5 Å². The van der Waals surface area contributed by atoms with E-state index in [0.717, 1.165) is 75.1 Å². The summed E-state index contributed by atoms with van der Waals surface area (Å²) in [6.07, 6.45) is 8.88. The van der Waals surface area contributed by atoms with E-state index in [-0.39, 0.29) is 18.1 Å². The maximum Gasteiger partial charge on any atom is 0.322 e. The van der Waals surface area contributed by atoms with Crippen LogP contribution in [0.2, 0.25) is 0 Å². The number of H-pyrrole nitrogens is 1. The summed E-state index contributed by atoms with van der Waals surface area (Å²) in [6.45, 7) is 6.96. The number of anilines is 2. The first kappa shape index (κ1) is 23.9. The summed E-state index contributed by atoms with van der Waals surface area (Å²) in [7, 11) is 2.12. The molecule has 2 amide bonds. The molecular formula is C27H36FN9O. The lowest BCUT2D eigenvalue weighted by atomic mass is 9.91. The molecule has 202 valence electrons. The smallest absolute Gasteiger partial charge is 0.322 e. The molecule has 1 spiro atoms. The fraction of sp³-hybridized carbons (Fsp3) is 0.630. The predicted octanol–water partition coefficient (Wildman–Crippen LogP) is 3.87. The van der Waals surface area contributed by atoms with Gasteiger partial charge in [0.05, 0.1) is 35.0 Å². The van der Waals surface area contributed by atoms with Crippen molar-refractivity contribution in [3.63, 3.8) is 0 Å². The molecule has 2 aliphatic carbocycles. The number of fused-ring (bicyclic) bond motifs is 1. The fourth-order valence-electron chi connectivity index (χ4n) is 6.27. The van der Waals surface area contributed by atoms with Crippen LogP contribution in [0.25, 0.3) is 22.3 Å². The first-order chi connectivity index (χ1) is 18.3. The van der Waals surface area contributed by atoms with Gasteiger partial charge in [0.1, 0.15) is 11.4 Å². The number of aromatic nitrogens is 5. The van der Waals surface area contributed by atoms with Crippen molar-refractivity contribution in [2.45, 2.75) is 63.2 Å². The van der Waals surface area contributed by atoms with Gasteiger partial charge in [-0.15, -0.1) is 0 Å². The van der Waals surface area contributed by atoms with Crippen LogP contribution in [0.5, 0.6) is 0 Å². The zero-order valence-electron chi connectivity index (χ0n) is 22.2. The number of likely N-dealkylation sites (tertiary alicyclic amines) is 1. The average molecular weight is 522 g/mol. The Morgan fingerprint density at radius 1 is 1.16 bits per heavy atom. The second kappa shape index (κ2) is 8.65. The fourth-order valence-corrected chi connectivity index (χ4v) is 6.27. The Balaban J connectivity index is 1.19. The van der Waals surface area contributed by atoms with Crippen LogP contribution in [-0.4, -0.2) is 91.8 Å². The zero-order valence-corrected chi connectivity index (χ0v) is 22.2. The van der Waals surface area contributed by atoms with E-state index in [9.17, 15) is 9.18 Å². The van der Waals surface area contributed by atoms with Crippen molar-refractivity contribution < 1.29 is 9.18 Å². The lowest BCUT2D eigenvalue weighted by Crippen LogP contribution is -2.49. The van der Waals surface area contributed by atoms with Crippen LogP contribution in [0.4, 0.5) is 20.7 Å². The molecule has 1 atom stereocenters. The van der Waals surface area contributed by atoms with Gasteiger partial charge in [-0.3, -0.25) is 14.8 Å². The molecule has 38 heavy (non-hydrogen) atoms. The van der Waals surface area contributed by atoms with Gasteiger partial charge in [-0.2, -0.15) is 10.2 Å². The third-order valence-corrected chi connectivity index (χ3v) is 9.00. The Hall–Kier alpha value is -3.21. The molecule has 4 aliphatic rings. The van der Waals surface area contributed by atoms with Crippen LogP contribution in [-0.2, 0) is 6.54 Å². The monoisotopic (exact) mass is 521 g/mol. The number of hydrogen-bond donors (Lipinski definition) is 2. The number of rotatable bonds is 5.